The summed E-state index contributed by atoms with van der Waals surface area (Å²) >= 11 is 8.57. The van der Waals surface area contributed by atoms with E-state index in [-0.39, 0.29) is 0 Å². The van der Waals surface area contributed by atoms with Gasteiger partial charge in [0.05, 0.1) is 8.79 Å². The molecule has 0 aliphatic rings. The molecule has 56 valence electrons. The summed E-state index contributed by atoms with van der Waals surface area (Å²) in [6.07, 6.45) is 0. The van der Waals surface area contributed by atoms with Crippen LogP contribution in [0.1, 0.15) is 0 Å². The first-order chi connectivity index (χ1) is 4.61. The molecule has 0 aromatic carbocycles. The Balaban J connectivity index is 2.98. The highest BCUT2D eigenvalue weighted by molar-refractivity contribution is 9.13. The Bertz CT molecular complexity index is 212. The van der Waals surface area contributed by atoms with Gasteiger partial charge in [0, 0.05) is 18.6 Å². The van der Waals surface area contributed by atoms with Crippen LogP contribution in [0.5, 0.6) is 0 Å². The van der Waals surface area contributed by atoms with Crippen LogP contribution in [-0.2, 0) is 0 Å². The fourth-order valence-corrected chi connectivity index (χ4v) is 2.48. The molecule has 0 atom stereocenters. The van der Waals surface area contributed by atoms with Crippen LogP contribution in [0, 0.1) is 0 Å². The van der Waals surface area contributed by atoms with E-state index in [0.29, 0.717) is 0 Å². The minimum atomic E-state index is 1.13. The van der Waals surface area contributed by atoms with Crippen molar-refractivity contribution >= 4 is 48.2 Å². The Morgan fingerprint density at radius 3 is 2.20 bits per heavy atom. The minimum Gasteiger partial charge on any atom is -0.370 e. The Labute approximate surface area is 81.3 Å². The number of halogens is 2. The molecule has 0 N–H and O–H groups in total. The summed E-state index contributed by atoms with van der Waals surface area (Å²) in [4.78, 5) is 2.08. The summed E-state index contributed by atoms with van der Waals surface area (Å²) in [5.74, 6) is 0. The average molecular weight is 285 g/mol. The van der Waals surface area contributed by atoms with Crippen molar-refractivity contribution < 1.29 is 0 Å². The smallest absolute Gasteiger partial charge is 0.0926 e. The van der Waals surface area contributed by atoms with Crippen molar-refractivity contribution in [3.63, 3.8) is 0 Å². The molecule has 0 saturated heterocycles. The molecular weight excluding hydrogens is 278 g/mol. The maximum absolute atomic E-state index is 3.43. The standard InChI is InChI=1S/C6H7Br2NS/c1-9(2)5-3-4(7)6(8)10-5/h3H,1-2H3. The first kappa shape index (κ1) is 8.56. The zero-order valence-electron chi connectivity index (χ0n) is 5.69. The number of hydrogen-bond donors (Lipinski definition) is 0. The summed E-state index contributed by atoms with van der Waals surface area (Å²) in [5.41, 5.74) is 0. The second-order valence-electron chi connectivity index (χ2n) is 2.10. The predicted molar refractivity (Wildman–Crippen MR) is 54.0 cm³/mol. The third-order valence-electron chi connectivity index (χ3n) is 1.07. The van der Waals surface area contributed by atoms with E-state index >= 15 is 0 Å². The molecule has 0 aliphatic heterocycles. The molecular formula is C6H7Br2NS. The van der Waals surface area contributed by atoms with Gasteiger partial charge in [-0.15, -0.1) is 11.3 Å². The van der Waals surface area contributed by atoms with Crippen molar-refractivity contribution in [3.8, 4) is 0 Å². The van der Waals surface area contributed by atoms with Crippen LogP contribution in [0.3, 0.4) is 0 Å². The summed E-state index contributed by atoms with van der Waals surface area (Å²) in [6, 6.07) is 2.09. The maximum atomic E-state index is 3.43. The van der Waals surface area contributed by atoms with E-state index in [1.165, 1.54) is 5.00 Å². The van der Waals surface area contributed by atoms with Crippen LogP contribution in [0.2, 0.25) is 0 Å². The summed E-state index contributed by atoms with van der Waals surface area (Å²) in [6.45, 7) is 0. The van der Waals surface area contributed by atoms with Gasteiger partial charge in [-0.3, -0.25) is 0 Å². The highest BCUT2D eigenvalue weighted by Gasteiger charge is 2.03. The van der Waals surface area contributed by atoms with E-state index < -0.39 is 0 Å². The fraction of sp³-hybridized carbons (Fsp3) is 0.333. The lowest BCUT2D eigenvalue weighted by molar-refractivity contribution is 1.16. The lowest BCUT2D eigenvalue weighted by atomic mass is 10.6. The minimum absolute atomic E-state index is 1.13. The molecule has 1 aromatic rings. The average Bonchev–Trinajstić information content (AvgIpc) is 2.13. The zero-order chi connectivity index (χ0) is 7.72. The Hall–Kier alpha value is 0.460. The second kappa shape index (κ2) is 3.24. The lowest BCUT2D eigenvalue weighted by Gasteiger charge is -2.06. The number of anilines is 1. The van der Waals surface area contributed by atoms with Gasteiger partial charge in [0.25, 0.3) is 0 Å². The maximum Gasteiger partial charge on any atom is 0.0926 e. The van der Waals surface area contributed by atoms with Crippen LogP contribution in [-0.4, -0.2) is 14.1 Å². The molecule has 0 spiro atoms. The summed E-state index contributed by atoms with van der Waals surface area (Å²) < 4.78 is 2.28. The van der Waals surface area contributed by atoms with Gasteiger partial charge in [0.2, 0.25) is 0 Å². The van der Waals surface area contributed by atoms with Crippen molar-refractivity contribution in [1.29, 1.82) is 0 Å². The quantitative estimate of drug-likeness (QED) is 0.765. The molecule has 1 nitrogen and oxygen atoms in total. The van der Waals surface area contributed by atoms with Gasteiger partial charge >= 0.3 is 0 Å². The zero-order valence-corrected chi connectivity index (χ0v) is 9.68. The molecule has 0 aliphatic carbocycles. The highest BCUT2D eigenvalue weighted by Crippen LogP contribution is 2.36. The van der Waals surface area contributed by atoms with E-state index in [1.807, 2.05) is 14.1 Å². The van der Waals surface area contributed by atoms with Crippen LogP contribution in [0.15, 0.2) is 14.3 Å². The normalized spacial score (nSPS) is 10.0. The molecule has 4 heteroatoms. The van der Waals surface area contributed by atoms with Crippen molar-refractivity contribution in [3.05, 3.63) is 14.3 Å². The van der Waals surface area contributed by atoms with Crippen LogP contribution >= 0.6 is 43.2 Å². The number of thiophene rings is 1. The Morgan fingerprint density at radius 1 is 1.40 bits per heavy atom. The third-order valence-corrected chi connectivity index (χ3v) is 4.50. The van der Waals surface area contributed by atoms with Crippen molar-refractivity contribution in [2.75, 3.05) is 19.0 Å². The Kier molecular flexibility index (Phi) is 2.77. The fourth-order valence-electron chi connectivity index (χ4n) is 0.556. The van der Waals surface area contributed by atoms with E-state index in [0.717, 1.165) is 8.26 Å². The molecule has 0 radical (unpaired) electrons. The molecule has 0 fully saturated rings. The number of hydrogen-bond acceptors (Lipinski definition) is 2. The molecule has 1 heterocycles. The van der Waals surface area contributed by atoms with Gasteiger partial charge in [0.15, 0.2) is 0 Å². The van der Waals surface area contributed by atoms with Gasteiger partial charge < -0.3 is 4.90 Å². The monoisotopic (exact) mass is 283 g/mol. The van der Waals surface area contributed by atoms with Crippen LogP contribution in [0.4, 0.5) is 5.00 Å². The number of nitrogens with zero attached hydrogens (tertiary/aromatic N) is 1. The predicted octanol–water partition coefficient (Wildman–Crippen LogP) is 3.34. The van der Waals surface area contributed by atoms with E-state index in [2.05, 4.69) is 42.8 Å². The van der Waals surface area contributed by atoms with E-state index in [4.69, 9.17) is 0 Å². The van der Waals surface area contributed by atoms with E-state index in [1.54, 1.807) is 11.3 Å². The first-order valence-corrected chi connectivity index (χ1v) is 5.13. The van der Waals surface area contributed by atoms with Gasteiger partial charge in [0.1, 0.15) is 0 Å². The van der Waals surface area contributed by atoms with Crippen molar-refractivity contribution in [2.45, 2.75) is 0 Å². The van der Waals surface area contributed by atoms with Gasteiger partial charge in [-0.1, -0.05) is 0 Å². The SMILES string of the molecule is CN(C)c1cc(Br)c(Br)s1. The highest BCUT2D eigenvalue weighted by atomic mass is 79.9. The van der Waals surface area contributed by atoms with Gasteiger partial charge in [-0.25, -0.2) is 0 Å². The Morgan fingerprint density at radius 2 is 2.00 bits per heavy atom. The van der Waals surface area contributed by atoms with Crippen LogP contribution in [0.25, 0.3) is 0 Å². The van der Waals surface area contributed by atoms with Gasteiger partial charge in [-0.05, 0) is 37.9 Å². The van der Waals surface area contributed by atoms with Crippen molar-refractivity contribution in [1.82, 2.24) is 0 Å². The molecule has 10 heavy (non-hydrogen) atoms. The second-order valence-corrected chi connectivity index (χ2v) is 5.30. The summed E-state index contributed by atoms with van der Waals surface area (Å²) in [7, 11) is 4.06. The van der Waals surface area contributed by atoms with Crippen LogP contribution < -0.4 is 4.90 Å². The molecule has 1 rings (SSSR count). The van der Waals surface area contributed by atoms with E-state index in [9.17, 15) is 0 Å². The number of rotatable bonds is 1. The third kappa shape index (κ3) is 1.74. The molecule has 0 amide bonds. The largest absolute Gasteiger partial charge is 0.370 e. The van der Waals surface area contributed by atoms with Gasteiger partial charge in [-0.2, -0.15) is 0 Å². The summed E-state index contributed by atoms with van der Waals surface area (Å²) in [5, 5.41) is 1.25. The molecule has 0 bridgehead atoms. The first-order valence-electron chi connectivity index (χ1n) is 2.73. The molecule has 0 saturated carbocycles. The molecule has 0 unspecified atom stereocenters. The molecule has 1 aromatic heterocycles. The topological polar surface area (TPSA) is 3.24 Å². The lowest BCUT2D eigenvalue weighted by Crippen LogP contribution is -2.05. The van der Waals surface area contributed by atoms with Crippen molar-refractivity contribution in [2.24, 2.45) is 0 Å².